The standard InChI is InChI=1S/C23H24ClNO5/c1-4-5-11-25-20(14-7-6-8-16(12-14)29-2)19(22(27)23(25)28)21(26)17-13-15(24)9-10-18(17)30-3/h6-10,12-13,20,26H,4-5,11H2,1-3H3/b21-19+. The van der Waals surface area contributed by atoms with E-state index in [0.717, 1.165) is 12.8 Å². The summed E-state index contributed by atoms with van der Waals surface area (Å²) >= 11 is 6.11. The van der Waals surface area contributed by atoms with Gasteiger partial charge in [-0.1, -0.05) is 37.1 Å². The third-order valence-electron chi connectivity index (χ3n) is 5.12. The second-order valence-corrected chi connectivity index (χ2v) is 7.40. The van der Waals surface area contributed by atoms with E-state index in [4.69, 9.17) is 21.1 Å². The van der Waals surface area contributed by atoms with Crippen LogP contribution in [0.5, 0.6) is 11.5 Å². The van der Waals surface area contributed by atoms with E-state index in [1.54, 1.807) is 43.5 Å². The number of ether oxygens (including phenoxy) is 2. The van der Waals surface area contributed by atoms with Crippen LogP contribution in [0.3, 0.4) is 0 Å². The molecule has 2 aromatic carbocycles. The van der Waals surface area contributed by atoms with E-state index < -0.39 is 17.7 Å². The Kier molecular flexibility index (Phi) is 6.67. The number of halogens is 1. The molecule has 0 aliphatic carbocycles. The molecule has 1 saturated heterocycles. The van der Waals surface area contributed by atoms with Crippen molar-refractivity contribution in [3.63, 3.8) is 0 Å². The number of aliphatic hydroxyl groups is 1. The molecule has 0 spiro atoms. The number of hydrogen-bond acceptors (Lipinski definition) is 5. The Balaban J connectivity index is 2.23. The summed E-state index contributed by atoms with van der Waals surface area (Å²) in [6, 6.07) is 11.1. The Labute approximate surface area is 180 Å². The molecule has 1 unspecified atom stereocenters. The number of carbonyl (C=O) groups excluding carboxylic acids is 2. The zero-order chi connectivity index (χ0) is 21.8. The number of rotatable bonds is 7. The smallest absolute Gasteiger partial charge is 0.295 e. The van der Waals surface area contributed by atoms with Crippen molar-refractivity contribution in [2.24, 2.45) is 0 Å². The van der Waals surface area contributed by atoms with Crippen LogP contribution in [0.4, 0.5) is 0 Å². The molecule has 1 heterocycles. The first-order valence-electron chi connectivity index (χ1n) is 9.69. The van der Waals surface area contributed by atoms with Gasteiger partial charge in [-0.2, -0.15) is 0 Å². The predicted molar refractivity (Wildman–Crippen MR) is 115 cm³/mol. The SMILES string of the molecule is CCCCN1C(=O)C(=O)/C(=C(/O)c2cc(Cl)ccc2OC)C1c1cccc(OC)c1. The second kappa shape index (κ2) is 9.22. The Morgan fingerprint density at radius 1 is 1.13 bits per heavy atom. The van der Waals surface area contributed by atoms with Crippen molar-refractivity contribution in [2.45, 2.75) is 25.8 Å². The van der Waals surface area contributed by atoms with Crippen LogP contribution in [-0.2, 0) is 9.59 Å². The Bertz CT molecular complexity index is 1000. The average Bonchev–Trinajstić information content (AvgIpc) is 3.01. The minimum absolute atomic E-state index is 0.00456. The number of likely N-dealkylation sites (tertiary alicyclic amines) is 1. The second-order valence-electron chi connectivity index (χ2n) is 6.97. The van der Waals surface area contributed by atoms with E-state index in [2.05, 4.69) is 0 Å². The molecule has 1 atom stereocenters. The van der Waals surface area contributed by atoms with Crippen LogP contribution >= 0.6 is 11.6 Å². The number of hydrogen-bond donors (Lipinski definition) is 1. The van der Waals surface area contributed by atoms with Gasteiger partial charge in [0, 0.05) is 11.6 Å². The van der Waals surface area contributed by atoms with E-state index in [1.807, 2.05) is 6.92 Å². The molecule has 1 aliphatic rings. The van der Waals surface area contributed by atoms with Crippen LogP contribution in [-0.4, -0.2) is 42.5 Å². The van der Waals surface area contributed by atoms with Gasteiger partial charge in [-0.15, -0.1) is 0 Å². The van der Waals surface area contributed by atoms with E-state index >= 15 is 0 Å². The molecule has 0 saturated carbocycles. The summed E-state index contributed by atoms with van der Waals surface area (Å²) in [6.07, 6.45) is 1.59. The monoisotopic (exact) mass is 429 g/mol. The molecule has 0 radical (unpaired) electrons. The van der Waals surface area contributed by atoms with E-state index in [0.29, 0.717) is 28.6 Å². The van der Waals surface area contributed by atoms with E-state index in [1.165, 1.54) is 18.1 Å². The van der Waals surface area contributed by atoms with Gasteiger partial charge < -0.3 is 19.5 Å². The first-order chi connectivity index (χ1) is 14.4. The number of aliphatic hydroxyl groups excluding tert-OH is 1. The summed E-state index contributed by atoms with van der Waals surface area (Å²) in [5.74, 6) is -0.758. The van der Waals surface area contributed by atoms with Crippen molar-refractivity contribution in [1.29, 1.82) is 0 Å². The van der Waals surface area contributed by atoms with Crippen molar-refractivity contribution >= 4 is 29.1 Å². The van der Waals surface area contributed by atoms with Gasteiger partial charge >= 0.3 is 0 Å². The number of ketones is 1. The number of carbonyl (C=O) groups is 2. The lowest BCUT2D eigenvalue weighted by atomic mass is 9.94. The lowest BCUT2D eigenvalue weighted by molar-refractivity contribution is -0.139. The van der Waals surface area contributed by atoms with Gasteiger partial charge in [0.2, 0.25) is 0 Å². The highest BCUT2D eigenvalue weighted by atomic mass is 35.5. The number of unbranched alkanes of at least 4 members (excludes halogenated alkanes) is 1. The fourth-order valence-electron chi connectivity index (χ4n) is 3.61. The van der Waals surface area contributed by atoms with Gasteiger partial charge in [-0.05, 0) is 42.3 Å². The largest absolute Gasteiger partial charge is 0.507 e. The topological polar surface area (TPSA) is 76.1 Å². The third-order valence-corrected chi connectivity index (χ3v) is 5.35. The average molecular weight is 430 g/mol. The van der Waals surface area contributed by atoms with Crippen LogP contribution in [0.2, 0.25) is 5.02 Å². The first-order valence-corrected chi connectivity index (χ1v) is 10.1. The number of benzene rings is 2. The number of amides is 1. The molecular weight excluding hydrogens is 406 g/mol. The quantitative estimate of drug-likeness (QED) is 0.396. The molecule has 1 aliphatic heterocycles. The van der Waals surface area contributed by atoms with Crippen molar-refractivity contribution in [2.75, 3.05) is 20.8 Å². The maximum absolute atomic E-state index is 13.0. The Morgan fingerprint density at radius 2 is 1.90 bits per heavy atom. The van der Waals surface area contributed by atoms with E-state index in [-0.39, 0.29) is 16.9 Å². The summed E-state index contributed by atoms with van der Waals surface area (Å²) in [6.45, 7) is 2.40. The molecule has 158 valence electrons. The van der Waals surface area contributed by atoms with Gasteiger partial charge in [0.05, 0.1) is 31.4 Å². The van der Waals surface area contributed by atoms with Crippen molar-refractivity contribution in [3.05, 3.63) is 64.2 Å². The van der Waals surface area contributed by atoms with Crippen molar-refractivity contribution in [3.8, 4) is 11.5 Å². The summed E-state index contributed by atoms with van der Waals surface area (Å²) in [5.41, 5.74) is 0.934. The van der Waals surface area contributed by atoms with Gasteiger partial charge in [0.25, 0.3) is 11.7 Å². The molecule has 1 fully saturated rings. The fourth-order valence-corrected chi connectivity index (χ4v) is 3.78. The number of nitrogens with zero attached hydrogens (tertiary/aromatic N) is 1. The van der Waals surface area contributed by atoms with Crippen LogP contribution in [0, 0.1) is 0 Å². The molecule has 1 amide bonds. The van der Waals surface area contributed by atoms with Gasteiger partial charge in [0.15, 0.2) is 0 Å². The minimum atomic E-state index is -0.740. The van der Waals surface area contributed by atoms with Gasteiger partial charge in [-0.25, -0.2) is 0 Å². The number of methoxy groups -OCH3 is 2. The maximum atomic E-state index is 13.0. The highest BCUT2D eigenvalue weighted by molar-refractivity contribution is 6.46. The molecule has 6 nitrogen and oxygen atoms in total. The van der Waals surface area contributed by atoms with Crippen LogP contribution in [0.15, 0.2) is 48.0 Å². The highest BCUT2D eigenvalue weighted by Crippen LogP contribution is 2.42. The summed E-state index contributed by atoms with van der Waals surface area (Å²) < 4.78 is 10.6. The summed E-state index contributed by atoms with van der Waals surface area (Å²) in [5, 5.41) is 11.5. The lowest BCUT2D eigenvalue weighted by Gasteiger charge is -2.25. The third kappa shape index (κ3) is 4.00. The highest BCUT2D eigenvalue weighted by Gasteiger charge is 2.46. The molecule has 0 bridgehead atoms. The predicted octanol–water partition coefficient (Wildman–Crippen LogP) is 4.58. The lowest BCUT2D eigenvalue weighted by Crippen LogP contribution is -2.30. The van der Waals surface area contributed by atoms with Gasteiger partial charge in [-0.3, -0.25) is 9.59 Å². The maximum Gasteiger partial charge on any atom is 0.295 e. The Hall–Kier alpha value is -2.99. The molecule has 1 N–H and O–H groups in total. The zero-order valence-corrected chi connectivity index (χ0v) is 17.9. The van der Waals surface area contributed by atoms with Crippen LogP contribution in [0.1, 0.15) is 36.9 Å². The molecule has 30 heavy (non-hydrogen) atoms. The van der Waals surface area contributed by atoms with Crippen LogP contribution < -0.4 is 9.47 Å². The summed E-state index contributed by atoms with van der Waals surface area (Å²) in [4.78, 5) is 27.4. The zero-order valence-electron chi connectivity index (χ0n) is 17.1. The van der Waals surface area contributed by atoms with E-state index in [9.17, 15) is 14.7 Å². The minimum Gasteiger partial charge on any atom is -0.507 e. The van der Waals surface area contributed by atoms with Gasteiger partial charge in [0.1, 0.15) is 17.3 Å². The molecule has 3 rings (SSSR count). The molecule has 2 aromatic rings. The molecule has 0 aromatic heterocycles. The normalized spacial score (nSPS) is 18.0. The number of Topliss-reactive ketones (excluding diaryl/α,β-unsaturated/α-hetero) is 1. The molecule has 7 heteroatoms. The van der Waals surface area contributed by atoms with Crippen molar-refractivity contribution < 1.29 is 24.2 Å². The van der Waals surface area contributed by atoms with Crippen molar-refractivity contribution in [1.82, 2.24) is 4.90 Å². The van der Waals surface area contributed by atoms with Crippen LogP contribution in [0.25, 0.3) is 5.76 Å². The first kappa shape index (κ1) is 21.7. The molecular formula is C23H24ClNO5. The summed E-state index contributed by atoms with van der Waals surface area (Å²) in [7, 11) is 3.00. The fraction of sp³-hybridized carbons (Fsp3) is 0.304. The Morgan fingerprint density at radius 3 is 2.57 bits per heavy atom.